The van der Waals surface area contributed by atoms with E-state index in [1.807, 2.05) is 42.1 Å². The van der Waals surface area contributed by atoms with Crippen molar-refractivity contribution >= 4 is 39.0 Å². The van der Waals surface area contributed by atoms with Crippen LogP contribution < -0.4 is 5.43 Å². The molecule has 0 radical (unpaired) electrons. The van der Waals surface area contributed by atoms with Crippen LogP contribution in [0.3, 0.4) is 0 Å². The number of aromatic hydroxyl groups is 1. The summed E-state index contributed by atoms with van der Waals surface area (Å²) in [6, 6.07) is 12.6. The Morgan fingerprint density at radius 1 is 1.30 bits per heavy atom. The number of nitrogens with one attached hydrogen (secondary N) is 1. The number of amides is 1. The summed E-state index contributed by atoms with van der Waals surface area (Å²) in [5, 5.41) is 14.8. The predicted molar refractivity (Wildman–Crippen MR) is 93.8 cm³/mol. The second kappa shape index (κ2) is 6.26. The van der Waals surface area contributed by atoms with E-state index in [-0.39, 0.29) is 11.3 Å². The number of aromatic nitrogens is 1. The van der Waals surface area contributed by atoms with Crippen LogP contribution in [0.5, 0.6) is 5.75 Å². The van der Waals surface area contributed by atoms with Gasteiger partial charge in [-0.3, -0.25) is 4.79 Å². The van der Waals surface area contributed by atoms with E-state index in [2.05, 4.69) is 26.5 Å². The number of phenolic OH excluding ortho intramolecular Hbond substituents is 1. The lowest BCUT2D eigenvalue weighted by Crippen LogP contribution is -2.17. The second-order valence-electron chi connectivity index (χ2n) is 5.07. The van der Waals surface area contributed by atoms with Crippen molar-refractivity contribution in [3.8, 4) is 5.75 Å². The number of fused-ring (bicyclic) bond motifs is 1. The number of phenols is 1. The van der Waals surface area contributed by atoms with Gasteiger partial charge >= 0.3 is 0 Å². The highest BCUT2D eigenvalue weighted by Gasteiger charge is 2.10. The smallest absolute Gasteiger partial charge is 0.275 e. The quantitative estimate of drug-likeness (QED) is 0.547. The normalized spacial score (nSPS) is 11.2. The van der Waals surface area contributed by atoms with E-state index < -0.39 is 5.91 Å². The molecule has 0 aliphatic carbocycles. The summed E-state index contributed by atoms with van der Waals surface area (Å²) >= 11 is 3.27. The number of aryl methyl sites for hydroxylation is 1. The molecule has 3 rings (SSSR count). The van der Waals surface area contributed by atoms with Crippen LogP contribution >= 0.6 is 15.9 Å². The maximum atomic E-state index is 12.1. The van der Waals surface area contributed by atoms with Crippen molar-refractivity contribution in [1.29, 1.82) is 0 Å². The molecule has 0 saturated heterocycles. The van der Waals surface area contributed by atoms with Gasteiger partial charge in [-0.1, -0.05) is 34.1 Å². The number of rotatable bonds is 3. The largest absolute Gasteiger partial charge is 0.507 e. The lowest BCUT2D eigenvalue weighted by molar-refractivity contribution is 0.0952. The maximum Gasteiger partial charge on any atom is 0.275 e. The number of carbonyl (C=O) groups is 1. The minimum absolute atomic E-state index is 0.0916. The van der Waals surface area contributed by atoms with Gasteiger partial charge in [-0.15, -0.1) is 0 Å². The summed E-state index contributed by atoms with van der Waals surface area (Å²) in [5.74, 6) is -0.564. The summed E-state index contributed by atoms with van der Waals surface area (Å²) < 4.78 is 2.71. The van der Waals surface area contributed by atoms with Gasteiger partial charge in [-0.2, -0.15) is 5.10 Å². The van der Waals surface area contributed by atoms with Gasteiger partial charge in [0.15, 0.2) is 0 Å². The van der Waals surface area contributed by atoms with Crippen molar-refractivity contribution in [2.24, 2.45) is 12.1 Å². The van der Waals surface area contributed by atoms with E-state index in [0.717, 1.165) is 16.5 Å². The number of nitrogens with zero attached hydrogens (tertiary/aromatic N) is 2. The second-order valence-corrected chi connectivity index (χ2v) is 5.99. The lowest BCUT2D eigenvalue weighted by Gasteiger charge is -2.03. The van der Waals surface area contributed by atoms with Crippen LogP contribution in [0.15, 0.2) is 58.2 Å². The third kappa shape index (κ3) is 3.12. The molecule has 1 heterocycles. The number of hydrogen-bond acceptors (Lipinski definition) is 3. The van der Waals surface area contributed by atoms with E-state index in [0.29, 0.717) is 4.47 Å². The van der Waals surface area contributed by atoms with Crippen molar-refractivity contribution < 1.29 is 9.90 Å². The monoisotopic (exact) mass is 371 g/mol. The Morgan fingerprint density at radius 3 is 2.91 bits per heavy atom. The SMILES string of the molecule is Cn1cc(/C=N/NC(=O)c2cc(Br)ccc2O)c2ccccc21. The zero-order valence-electron chi connectivity index (χ0n) is 12.3. The molecule has 2 N–H and O–H groups in total. The maximum absolute atomic E-state index is 12.1. The number of benzene rings is 2. The molecular weight excluding hydrogens is 358 g/mol. The van der Waals surface area contributed by atoms with Gasteiger partial charge < -0.3 is 9.67 Å². The first-order chi connectivity index (χ1) is 11.1. The Morgan fingerprint density at radius 2 is 2.09 bits per heavy atom. The van der Waals surface area contributed by atoms with Gasteiger partial charge in [0, 0.05) is 34.2 Å². The zero-order chi connectivity index (χ0) is 16.4. The van der Waals surface area contributed by atoms with Gasteiger partial charge in [0.1, 0.15) is 5.75 Å². The van der Waals surface area contributed by atoms with Crippen LogP contribution in [0.1, 0.15) is 15.9 Å². The van der Waals surface area contributed by atoms with E-state index in [9.17, 15) is 9.90 Å². The molecule has 6 heteroatoms. The van der Waals surface area contributed by atoms with Crippen molar-refractivity contribution in [2.45, 2.75) is 0 Å². The molecule has 0 saturated carbocycles. The summed E-state index contributed by atoms with van der Waals surface area (Å²) in [6.07, 6.45) is 3.53. The molecule has 1 aromatic heterocycles. The molecule has 0 aliphatic rings. The van der Waals surface area contributed by atoms with E-state index in [1.54, 1.807) is 12.3 Å². The van der Waals surface area contributed by atoms with Crippen molar-refractivity contribution in [1.82, 2.24) is 9.99 Å². The Hall–Kier alpha value is -2.60. The Labute approximate surface area is 141 Å². The molecule has 116 valence electrons. The molecule has 23 heavy (non-hydrogen) atoms. The van der Waals surface area contributed by atoms with Gasteiger partial charge in [-0.05, 0) is 24.3 Å². The first-order valence-electron chi connectivity index (χ1n) is 6.92. The van der Waals surface area contributed by atoms with Gasteiger partial charge in [0.05, 0.1) is 11.8 Å². The molecule has 0 fully saturated rings. The van der Waals surface area contributed by atoms with E-state index >= 15 is 0 Å². The standard InChI is InChI=1S/C17H14BrN3O2/c1-21-10-11(13-4-2-3-5-15(13)21)9-19-20-17(23)14-8-12(18)6-7-16(14)22/h2-10,22H,1H3,(H,20,23)/b19-9+. The molecule has 5 nitrogen and oxygen atoms in total. The van der Waals surface area contributed by atoms with Gasteiger partial charge in [0.25, 0.3) is 5.91 Å². The molecule has 0 bridgehead atoms. The minimum atomic E-state index is -0.472. The molecule has 0 unspecified atom stereocenters. The van der Waals surface area contributed by atoms with Crippen molar-refractivity contribution in [3.63, 3.8) is 0 Å². The lowest BCUT2D eigenvalue weighted by atomic mass is 10.2. The molecule has 2 aromatic carbocycles. The highest BCUT2D eigenvalue weighted by molar-refractivity contribution is 9.10. The number of hydrogen-bond donors (Lipinski definition) is 2. The topological polar surface area (TPSA) is 66.6 Å². The molecule has 0 atom stereocenters. The third-order valence-corrected chi connectivity index (χ3v) is 3.99. The van der Waals surface area contributed by atoms with E-state index in [1.165, 1.54) is 12.1 Å². The molecule has 0 spiro atoms. The fraction of sp³-hybridized carbons (Fsp3) is 0.0588. The summed E-state index contributed by atoms with van der Waals surface area (Å²) in [5.41, 5.74) is 4.58. The summed E-state index contributed by atoms with van der Waals surface area (Å²) in [7, 11) is 1.96. The average molecular weight is 372 g/mol. The first kappa shape index (κ1) is 15.3. The van der Waals surface area contributed by atoms with Crippen LogP contribution in [0, 0.1) is 0 Å². The predicted octanol–water partition coefficient (Wildman–Crippen LogP) is 3.41. The van der Waals surface area contributed by atoms with Crippen LogP contribution in [0.2, 0.25) is 0 Å². The van der Waals surface area contributed by atoms with Crippen LogP contribution in [0.25, 0.3) is 10.9 Å². The molecule has 1 amide bonds. The first-order valence-corrected chi connectivity index (χ1v) is 7.71. The van der Waals surface area contributed by atoms with Crippen molar-refractivity contribution in [3.05, 3.63) is 64.3 Å². The highest BCUT2D eigenvalue weighted by Crippen LogP contribution is 2.22. The van der Waals surface area contributed by atoms with Crippen LogP contribution in [-0.4, -0.2) is 21.8 Å². The van der Waals surface area contributed by atoms with Crippen LogP contribution in [0.4, 0.5) is 0 Å². The molecule has 3 aromatic rings. The third-order valence-electron chi connectivity index (χ3n) is 3.50. The van der Waals surface area contributed by atoms with Gasteiger partial charge in [-0.25, -0.2) is 5.43 Å². The number of para-hydroxylation sites is 1. The number of hydrazone groups is 1. The Balaban J connectivity index is 1.80. The number of halogens is 1. The Bertz CT molecular complexity index is 915. The molecule has 0 aliphatic heterocycles. The van der Waals surface area contributed by atoms with Crippen molar-refractivity contribution in [2.75, 3.05) is 0 Å². The van der Waals surface area contributed by atoms with Gasteiger partial charge in [0.2, 0.25) is 0 Å². The number of carbonyl (C=O) groups excluding carboxylic acids is 1. The zero-order valence-corrected chi connectivity index (χ0v) is 13.9. The van der Waals surface area contributed by atoms with E-state index in [4.69, 9.17) is 0 Å². The fourth-order valence-corrected chi connectivity index (χ4v) is 2.75. The van der Waals surface area contributed by atoms with Crippen LogP contribution in [-0.2, 0) is 7.05 Å². The summed E-state index contributed by atoms with van der Waals surface area (Å²) in [4.78, 5) is 12.1. The fourth-order valence-electron chi connectivity index (χ4n) is 2.39. The summed E-state index contributed by atoms with van der Waals surface area (Å²) in [6.45, 7) is 0. The highest BCUT2D eigenvalue weighted by atomic mass is 79.9. The minimum Gasteiger partial charge on any atom is -0.507 e. The average Bonchev–Trinajstić information content (AvgIpc) is 2.86. The Kier molecular flexibility index (Phi) is 4.16. The molecular formula is C17H14BrN3O2.